The minimum absolute atomic E-state index is 0.608. The third-order valence-corrected chi connectivity index (χ3v) is 3.94. The highest BCUT2D eigenvalue weighted by Crippen LogP contribution is 2.30. The Morgan fingerprint density at radius 3 is 2.75 bits per heavy atom. The highest BCUT2D eigenvalue weighted by Gasteiger charge is 2.21. The first-order chi connectivity index (χ1) is 7.85. The van der Waals surface area contributed by atoms with Gasteiger partial charge in [0.15, 0.2) is 0 Å². The summed E-state index contributed by atoms with van der Waals surface area (Å²) in [6.07, 6.45) is 5.10. The minimum atomic E-state index is 0.608. The first-order valence-electron chi connectivity index (χ1n) is 6.66. The molecular weight excluding hydrogens is 194 g/mol. The lowest BCUT2D eigenvalue weighted by Gasteiger charge is -2.18. The zero-order valence-corrected chi connectivity index (χ0v) is 10.5. The van der Waals surface area contributed by atoms with Crippen LogP contribution in [0.15, 0.2) is 24.3 Å². The van der Waals surface area contributed by atoms with Crippen molar-refractivity contribution in [1.29, 1.82) is 0 Å². The zero-order valence-electron chi connectivity index (χ0n) is 10.5. The van der Waals surface area contributed by atoms with Gasteiger partial charge in [0.25, 0.3) is 0 Å². The largest absolute Gasteiger partial charge is 0.310 e. The van der Waals surface area contributed by atoms with E-state index >= 15 is 0 Å². The Bertz CT molecular complexity index is 328. The Morgan fingerprint density at radius 2 is 2.00 bits per heavy atom. The monoisotopic (exact) mass is 217 g/mol. The van der Waals surface area contributed by atoms with Gasteiger partial charge in [-0.2, -0.15) is 0 Å². The maximum absolute atomic E-state index is 3.74. The van der Waals surface area contributed by atoms with E-state index in [0.29, 0.717) is 6.04 Å². The summed E-state index contributed by atoms with van der Waals surface area (Å²) < 4.78 is 0. The molecule has 1 aromatic carbocycles. The average molecular weight is 217 g/mol. The van der Waals surface area contributed by atoms with E-state index < -0.39 is 0 Å². The van der Waals surface area contributed by atoms with Gasteiger partial charge in [0, 0.05) is 6.04 Å². The molecule has 1 heteroatoms. The number of aryl methyl sites for hydroxylation is 1. The van der Waals surface area contributed by atoms with Crippen molar-refractivity contribution in [2.75, 3.05) is 6.54 Å². The standard InChI is InChI=1S/C15H23N/c1-3-12(4-2)11-16-15-10-9-13-7-5-6-8-14(13)15/h5-8,12,15-16H,3-4,9-11H2,1-2H3. The third kappa shape index (κ3) is 2.46. The molecule has 1 nitrogen and oxygen atoms in total. The smallest absolute Gasteiger partial charge is 0.0326 e. The molecule has 0 radical (unpaired) electrons. The summed E-state index contributed by atoms with van der Waals surface area (Å²) in [5.41, 5.74) is 3.08. The molecular formula is C15H23N. The van der Waals surface area contributed by atoms with E-state index in [1.807, 2.05) is 0 Å². The second kappa shape index (κ2) is 5.49. The molecule has 1 aromatic rings. The third-order valence-electron chi connectivity index (χ3n) is 3.94. The number of benzene rings is 1. The van der Waals surface area contributed by atoms with Gasteiger partial charge in [-0.15, -0.1) is 0 Å². The van der Waals surface area contributed by atoms with Gasteiger partial charge >= 0.3 is 0 Å². The summed E-state index contributed by atoms with van der Waals surface area (Å²) in [5, 5.41) is 3.74. The fourth-order valence-corrected chi connectivity index (χ4v) is 2.66. The summed E-state index contributed by atoms with van der Waals surface area (Å²) in [5.74, 6) is 0.841. The maximum atomic E-state index is 3.74. The van der Waals surface area contributed by atoms with Crippen LogP contribution < -0.4 is 5.32 Å². The lowest BCUT2D eigenvalue weighted by Crippen LogP contribution is -2.25. The van der Waals surface area contributed by atoms with Crippen LogP contribution in [0.2, 0.25) is 0 Å². The molecule has 0 bridgehead atoms. The van der Waals surface area contributed by atoms with E-state index in [4.69, 9.17) is 0 Å². The zero-order chi connectivity index (χ0) is 11.4. The van der Waals surface area contributed by atoms with Gasteiger partial charge in [0.1, 0.15) is 0 Å². The topological polar surface area (TPSA) is 12.0 Å². The van der Waals surface area contributed by atoms with E-state index in [1.54, 1.807) is 5.56 Å². The normalized spacial score (nSPS) is 19.1. The number of rotatable bonds is 5. The molecule has 1 N–H and O–H groups in total. The lowest BCUT2D eigenvalue weighted by molar-refractivity contribution is 0.410. The van der Waals surface area contributed by atoms with Crippen LogP contribution in [-0.4, -0.2) is 6.54 Å². The van der Waals surface area contributed by atoms with E-state index in [2.05, 4.69) is 43.4 Å². The highest BCUT2D eigenvalue weighted by molar-refractivity contribution is 5.34. The first kappa shape index (κ1) is 11.7. The molecule has 0 spiro atoms. The Morgan fingerprint density at radius 1 is 1.25 bits per heavy atom. The quantitative estimate of drug-likeness (QED) is 0.793. The Labute approximate surface area is 99.3 Å². The lowest BCUT2D eigenvalue weighted by atomic mass is 10.0. The fourth-order valence-electron chi connectivity index (χ4n) is 2.66. The van der Waals surface area contributed by atoms with Crippen molar-refractivity contribution in [3.8, 4) is 0 Å². The van der Waals surface area contributed by atoms with Gasteiger partial charge in [-0.1, -0.05) is 51.0 Å². The van der Waals surface area contributed by atoms with E-state index in [0.717, 1.165) is 5.92 Å². The average Bonchev–Trinajstić information content (AvgIpc) is 2.74. The summed E-state index contributed by atoms with van der Waals surface area (Å²) in [7, 11) is 0. The molecule has 1 aliphatic carbocycles. The Kier molecular flexibility index (Phi) is 4.00. The molecule has 0 aromatic heterocycles. The number of fused-ring (bicyclic) bond motifs is 1. The fraction of sp³-hybridized carbons (Fsp3) is 0.600. The van der Waals surface area contributed by atoms with Crippen molar-refractivity contribution >= 4 is 0 Å². The molecule has 0 saturated carbocycles. The molecule has 1 atom stereocenters. The van der Waals surface area contributed by atoms with Crippen LogP contribution in [0.1, 0.15) is 50.3 Å². The summed E-state index contributed by atoms with van der Waals surface area (Å²) in [4.78, 5) is 0. The van der Waals surface area contributed by atoms with Crippen LogP contribution in [-0.2, 0) is 6.42 Å². The molecule has 0 fully saturated rings. The van der Waals surface area contributed by atoms with E-state index in [9.17, 15) is 0 Å². The second-order valence-corrected chi connectivity index (χ2v) is 4.88. The van der Waals surface area contributed by atoms with Gasteiger partial charge in [-0.25, -0.2) is 0 Å². The molecule has 16 heavy (non-hydrogen) atoms. The predicted molar refractivity (Wildman–Crippen MR) is 69.6 cm³/mol. The van der Waals surface area contributed by atoms with Gasteiger partial charge in [-0.3, -0.25) is 0 Å². The SMILES string of the molecule is CCC(CC)CNC1CCc2ccccc21. The molecule has 0 saturated heterocycles. The predicted octanol–water partition coefficient (Wildman–Crippen LogP) is 3.70. The summed E-state index contributed by atoms with van der Waals surface area (Å²) in [6, 6.07) is 9.48. The van der Waals surface area contributed by atoms with Gasteiger partial charge in [0.05, 0.1) is 0 Å². The second-order valence-electron chi connectivity index (χ2n) is 4.88. The number of nitrogens with one attached hydrogen (secondary N) is 1. The summed E-state index contributed by atoms with van der Waals surface area (Å²) in [6.45, 7) is 5.75. The van der Waals surface area contributed by atoms with Crippen LogP contribution in [0.25, 0.3) is 0 Å². The molecule has 0 heterocycles. The first-order valence-corrected chi connectivity index (χ1v) is 6.66. The van der Waals surface area contributed by atoms with Crippen LogP contribution in [0, 0.1) is 5.92 Å². The van der Waals surface area contributed by atoms with Crippen molar-refractivity contribution in [3.05, 3.63) is 35.4 Å². The van der Waals surface area contributed by atoms with Crippen molar-refractivity contribution in [3.63, 3.8) is 0 Å². The van der Waals surface area contributed by atoms with Gasteiger partial charge < -0.3 is 5.32 Å². The van der Waals surface area contributed by atoms with Gasteiger partial charge in [-0.05, 0) is 36.4 Å². The Hall–Kier alpha value is -0.820. The van der Waals surface area contributed by atoms with Crippen molar-refractivity contribution in [1.82, 2.24) is 5.32 Å². The van der Waals surface area contributed by atoms with Crippen molar-refractivity contribution in [2.45, 2.75) is 45.6 Å². The van der Waals surface area contributed by atoms with Crippen LogP contribution in [0.3, 0.4) is 0 Å². The molecule has 1 aliphatic rings. The molecule has 2 rings (SSSR count). The van der Waals surface area contributed by atoms with Crippen LogP contribution >= 0.6 is 0 Å². The molecule has 1 unspecified atom stereocenters. The van der Waals surface area contributed by atoms with Gasteiger partial charge in [0.2, 0.25) is 0 Å². The molecule has 0 aliphatic heterocycles. The maximum Gasteiger partial charge on any atom is 0.0326 e. The molecule has 88 valence electrons. The van der Waals surface area contributed by atoms with E-state index in [-0.39, 0.29) is 0 Å². The Balaban J connectivity index is 1.93. The van der Waals surface area contributed by atoms with Crippen LogP contribution in [0.4, 0.5) is 0 Å². The highest BCUT2D eigenvalue weighted by atomic mass is 14.9. The van der Waals surface area contributed by atoms with Crippen LogP contribution in [0.5, 0.6) is 0 Å². The number of hydrogen-bond donors (Lipinski definition) is 1. The minimum Gasteiger partial charge on any atom is -0.310 e. The summed E-state index contributed by atoms with van der Waals surface area (Å²) >= 11 is 0. The molecule has 0 amide bonds. The number of hydrogen-bond acceptors (Lipinski definition) is 1. The van der Waals surface area contributed by atoms with E-state index in [1.165, 1.54) is 37.8 Å². The van der Waals surface area contributed by atoms with Crippen molar-refractivity contribution < 1.29 is 0 Å². The van der Waals surface area contributed by atoms with Crippen molar-refractivity contribution in [2.24, 2.45) is 5.92 Å².